The van der Waals surface area contributed by atoms with Gasteiger partial charge in [0.2, 0.25) is 5.91 Å². The quantitative estimate of drug-likeness (QED) is 0.843. The molecule has 4 nitrogen and oxygen atoms in total. The van der Waals surface area contributed by atoms with Crippen LogP contribution in [0.4, 0.5) is 14.5 Å². The van der Waals surface area contributed by atoms with Crippen molar-refractivity contribution >= 4 is 29.3 Å². The molecule has 0 aliphatic carbocycles. The van der Waals surface area contributed by atoms with Gasteiger partial charge < -0.3 is 10.4 Å². The predicted molar refractivity (Wildman–Crippen MR) is 69.1 cm³/mol. The van der Waals surface area contributed by atoms with Crippen molar-refractivity contribution in [3.8, 4) is 0 Å². The normalized spacial score (nSPS) is 11.9. The number of halogens is 2. The third-order valence-corrected chi connectivity index (χ3v) is 3.45. The zero-order chi connectivity index (χ0) is 14.4. The number of hydrogen-bond donors (Lipinski definition) is 2. The Morgan fingerprint density at radius 3 is 2.47 bits per heavy atom. The van der Waals surface area contributed by atoms with Crippen molar-refractivity contribution in [1.29, 1.82) is 0 Å². The molecule has 0 fully saturated rings. The van der Waals surface area contributed by atoms with Crippen molar-refractivity contribution in [3.05, 3.63) is 29.8 Å². The number of amides is 1. The van der Waals surface area contributed by atoms with Gasteiger partial charge in [-0.3, -0.25) is 9.59 Å². The average Bonchev–Trinajstić information content (AvgIpc) is 2.33. The van der Waals surface area contributed by atoms with Crippen LogP contribution in [0, 0.1) is 17.6 Å². The molecule has 0 aromatic heterocycles. The van der Waals surface area contributed by atoms with Gasteiger partial charge >= 0.3 is 5.97 Å². The summed E-state index contributed by atoms with van der Waals surface area (Å²) < 4.78 is 26.5. The van der Waals surface area contributed by atoms with E-state index in [9.17, 15) is 18.4 Å². The largest absolute Gasteiger partial charge is 0.481 e. The van der Waals surface area contributed by atoms with Gasteiger partial charge in [-0.1, -0.05) is 13.0 Å². The maximum absolute atomic E-state index is 13.2. The summed E-state index contributed by atoms with van der Waals surface area (Å²) in [5.74, 6) is -3.62. The third kappa shape index (κ3) is 4.86. The predicted octanol–water partition coefficient (Wildman–Crippen LogP) is 2.36. The standard InChI is InChI=1S/C12H13F2NO3S/c1-7(12(17)18)5-19-6-10(16)15-11-8(13)3-2-4-9(11)14/h2-4,7H,5-6H2,1H3,(H,15,16)(H,17,18). The van der Waals surface area contributed by atoms with Gasteiger partial charge in [0.25, 0.3) is 0 Å². The Kier molecular flexibility index (Phi) is 5.75. The molecule has 0 aliphatic heterocycles. The van der Waals surface area contributed by atoms with Crippen LogP contribution in [0.15, 0.2) is 18.2 Å². The fraction of sp³-hybridized carbons (Fsp3) is 0.333. The molecule has 0 aliphatic rings. The van der Waals surface area contributed by atoms with Crippen molar-refractivity contribution < 1.29 is 23.5 Å². The molecule has 2 N–H and O–H groups in total. The molecule has 1 rings (SSSR count). The Labute approximate surface area is 113 Å². The molecule has 1 aromatic rings. The molecule has 0 bridgehead atoms. The van der Waals surface area contributed by atoms with Gasteiger partial charge in [-0.05, 0) is 12.1 Å². The second kappa shape index (κ2) is 7.08. The van der Waals surface area contributed by atoms with E-state index in [4.69, 9.17) is 5.11 Å². The van der Waals surface area contributed by atoms with Crippen LogP contribution < -0.4 is 5.32 Å². The fourth-order valence-corrected chi connectivity index (χ4v) is 2.06. The molecule has 7 heteroatoms. The summed E-state index contributed by atoms with van der Waals surface area (Å²) in [4.78, 5) is 22.0. The summed E-state index contributed by atoms with van der Waals surface area (Å²) in [6.07, 6.45) is 0. The number of carboxylic acid groups (broad SMARTS) is 1. The molecule has 0 saturated carbocycles. The number of rotatable bonds is 6. The lowest BCUT2D eigenvalue weighted by atomic mass is 10.2. The van der Waals surface area contributed by atoms with Crippen LogP contribution in [0.1, 0.15) is 6.92 Å². The number of para-hydroxylation sites is 1. The zero-order valence-electron chi connectivity index (χ0n) is 10.2. The van der Waals surface area contributed by atoms with Gasteiger partial charge in [-0.15, -0.1) is 0 Å². The number of nitrogens with one attached hydrogen (secondary N) is 1. The minimum atomic E-state index is -0.951. The SMILES string of the molecule is CC(CSCC(=O)Nc1c(F)cccc1F)C(=O)O. The third-order valence-electron chi connectivity index (χ3n) is 2.25. The van der Waals surface area contributed by atoms with Crippen molar-refractivity contribution in [2.24, 2.45) is 5.92 Å². The van der Waals surface area contributed by atoms with E-state index >= 15 is 0 Å². The second-order valence-electron chi connectivity index (χ2n) is 3.90. The lowest BCUT2D eigenvalue weighted by molar-refractivity contribution is -0.140. The van der Waals surface area contributed by atoms with Crippen molar-refractivity contribution in [2.45, 2.75) is 6.92 Å². The number of aliphatic carboxylic acids is 1. The Morgan fingerprint density at radius 2 is 1.95 bits per heavy atom. The summed E-state index contributed by atoms with van der Waals surface area (Å²) >= 11 is 1.09. The second-order valence-corrected chi connectivity index (χ2v) is 4.93. The molecular formula is C12H13F2NO3S. The van der Waals surface area contributed by atoms with Gasteiger partial charge in [0.05, 0.1) is 11.7 Å². The Bertz CT molecular complexity index is 462. The number of thioether (sulfide) groups is 1. The molecule has 104 valence electrons. The van der Waals surface area contributed by atoms with Crippen LogP contribution in [-0.2, 0) is 9.59 Å². The molecule has 0 heterocycles. The first-order chi connectivity index (χ1) is 8.91. The minimum absolute atomic E-state index is 0.0641. The number of anilines is 1. The van der Waals surface area contributed by atoms with E-state index in [1.165, 1.54) is 13.0 Å². The van der Waals surface area contributed by atoms with Crippen molar-refractivity contribution in [2.75, 3.05) is 16.8 Å². The topological polar surface area (TPSA) is 66.4 Å². The molecule has 0 saturated heterocycles. The molecular weight excluding hydrogens is 276 g/mol. The number of benzene rings is 1. The Morgan fingerprint density at radius 1 is 1.37 bits per heavy atom. The summed E-state index contributed by atoms with van der Waals surface area (Å²) in [6.45, 7) is 1.52. The van der Waals surface area contributed by atoms with Crippen LogP contribution >= 0.6 is 11.8 Å². The van der Waals surface area contributed by atoms with Gasteiger partial charge in [0, 0.05) is 5.75 Å². The number of carbonyl (C=O) groups is 2. The highest BCUT2D eigenvalue weighted by atomic mass is 32.2. The smallest absolute Gasteiger partial charge is 0.307 e. The molecule has 1 amide bonds. The number of hydrogen-bond acceptors (Lipinski definition) is 3. The lowest BCUT2D eigenvalue weighted by Gasteiger charge is -2.08. The molecule has 0 radical (unpaired) electrons. The van der Waals surface area contributed by atoms with Gasteiger partial charge in [0.15, 0.2) is 0 Å². The summed E-state index contributed by atoms with van der Waals surface area (Å²) in [5, 5.41) is 10.8. The van der Waals surface area contributed by atoms with Crippen LogP contribution in [0.3, 0.4) is 0 Å². The first-order valence-corrected chi connectivity index (χ1v) is 6.61. The molecule has 1 aromatic carbocycles. The zero-order valence-corrected chi connectivity index (χ0v) is 11.0. The molecule has 0 spiro atoms. The van der Waals surface area contributed by atoms with Crippen LogP contribution in [0.25, 0.3) is 0 Å². The van der Waals surface area contributed by atoms with E-state index < -0.39 is 35.1 Å². The highest BCUT2D eigenvalue weighted by molar-refractivity contribution is 8.00. The molecule has 1 unspecified atom stereocenters. The Hall–Kier alpha value is -1.63. The summed E-state index contributed by atoms with van der Waals surface area (Å²) in [5.41, 5.74) is -0.487. The van der Waals surface area contributed by atoms with Gasteiger partial charge in [-0.25, -0.2) is 8.78 Å². The number of carbonyl (C=O) groups excluding carboxylic acids is 1. The highest BCUT2D eigenvalue weighted by Gasteiger charge is 2.14. The van der Waals surface area contributed by atoms with Gasteiger partial charge in [-0.2, -0.15) is 11.8 Å². The lowest BCUT2D eigenvalue weighted by Crippen LogP contribution is -2.18. The monoisotopic (exact) mass is 289 g/mol. The van der Waals surface area contributed by atoms with E-state index in [1.54, 1.807) is 0 Å². The van der Waals surface area contributed by atoms with Crippen molar-refractivity contribution in [1.82, 2.24) is 0 Å². The Balaban J connectivity index is 2.46. The van der Waals surface area contributed by atoms with Crippen LogP contribution in [0.5, 0.6) is 0 Å². The molecule has 1 atom stereocenters. The summed E-state index contributed by atoms with van der Waals surface area (Å²) in [6, 6.07) is 3.28. The van der Waals surface area contributed by atoms with Gasteiger partial charge in [0.1, 0.15) is 17.3 Å². The van der Waals surface area contributed by atoms with E-state index in [0.29, 0.717) is 0 Å². The molecule has 19 heavy (non-hydrogen) atoms. The highest BCUT2D eigenvalue weighted by Crippen LogP contribution is 2.18. The first kappa shape index (κ1) is 15.4. The number of carboxylic acids is 1. The summed E-state index contributed by atoms with van der Waals surface area (Å²) in [7, 11) is 0. The van der Waals surface area contributed by atoms with E-state index in [0.717, 1.165) is 23.9 Å². The van der Waals surface area contributed by atoms with E-state index in [2.05, 4.69) is 5.32 Å². The van der Waals surface area contributed by atoms with E-state index in [-0.39, 0.29) is 11.5 Å². The van der Waals surface area contributed by atoms with Crippen LogP contribution in [-0.4, -0.2) is 28.5 Å². The first-order valence-electron chi connectivity index (χ1n) is 5.46. The maximum Gasteiger partial charge on any atom is 0.307 e. The maximum atomic E-state index is 13.2. The van der Waals surface area contributed by atoms with Crippen molar-refractivity contribution in [3.63, 3.8) is 0 Å². The fourth-order valence-electron chi connectivity index (χ4n) is 1.19. The van der Waals surface area contributed by atoms with Crippen LogP contribution in [0.2, 0.25) is 0 Å². The minimum Gasteiger partial charge on any atom is -0.481 e. The van der Waals surface area contributed by atoms with E-state index in [1.807, 2.05) is 0 Å². The average molecular weight is 289 g/mol.